The lowest BCUT2D eigenvalue weighted by atomic mass is 10.1. The van der Waals surface area contributed by atoms with Crippen LogP contribution in [-0.4, -0.2) is 12.0 Å². The van der Waals surface area contributed by atoms with Crippen LogP contribution in [0, 0.1) is 0 Å². The van der Waals surface area contributed by atoms with Crippen molar-refractivity contribution in [2.24, 2.45) is 0 Å². The van der Waals surface area contributed by atoms with Crippen LogP contribution in [0.15, 0.2) is 51.8 Å². The molecule has 0 saturated carbocycles. The molecule has 0 aliphatic heterocycles. The quantitative estimate of drug-likeness (QED) is 0.569. The van der Waals surface area contributed by atoms with Gasteiger partial charge in [0.1, 0.15) is 11.5 Å². The minimum absolute atomic E-state index is 0.0385. The third kappa shape index (κ3) is 3.61. The molecule has 2 aromatic rings. The van der Waals surface area contributed by atoms with E-state index >= 15 is 0 Å². The van der Waals surface area contributed by atoms with Gasteiger partial charge in [-0.3, -0.25) is 4.79 Å². The Bertz CT molecular complexity index is 594. The summed E-state index contributed by atoms with van der Waals surface area (Å²) in [7, 11) is 0. The van der Waals surface area contributed by atoms with Crippen molar-refractivity contribution in [2.75, 3.05) is 6.26 Å². The van der Waals surface area contributed by atoms with E-state index < -0.39 is 0 Å². The van der Waals surface area contributed by atoms with Crippen LogP contribution in [0.5, 0.6) is 11.5 Å². The van der Waals surface area contributed by atoms with Crippen LogP contribution in [0.2, 0.25) is 0 Å². The molecule has 98 valence electrons. The summed E-state index contributed by atoms with van der Waals surface area (Å²) in [6.07, 6.45) is 2.03. The summed E-state index contributed by atoms with van der Waals surface area (Å²) in [5.74, 6) is 1.51. The lowest BCUT2D eigenvalue weighted by Crippen LogP contribution is -1.93. The molecule has 0 bridgehead atoms. The highest BCUT2D eigenvalue weighted by Crippen LogP contribution is 2.31. The standard InChI is InChI=1S/C15H13BrO2S/c1-10(17)11-3-8-15(14(16)9-11)18-12-4-6-13(19-2)7-5-12/h3-9H,1-2H3. The zero-order valence-corrected chi connectivity index (χ0v) is 13.0. The summed E-state index contributed by atoms with van der Waals surface area (Å²) in [4.78, 5) is 12.5. The van der Waals surface area contributed by atoms with E-state index in [0.29, 0.717) is 11.3 Å². The van der Waals surface area contributed by atoms with Gasteiger partial charge in [0, 0.05) is 10.5 Å². The molecule has 0 aromatic heterocycles. The molecular formula is C15H13BrO2S. The molecule has 0 aliphatic rings. The third-order valence-corrected chi connectivity index (χ3v) is 3.99. The molecule has 0 heterocycles. The van der Waals surface area contributed by atoms with E-state index in [9.17, 15) is 4.79 Å². The van der Waals surface area contributed by atoms with Gasteiger partial charge in [-0.05, 0) is 71.6 Å². The predicted molar refractivity (Wildman–Crippen MR) is 82.4 cm³/mol. The fourth-order valence-corrected chi connectivity index (χ4v) is 2.44. The average molecular weight is 337 g/mol. The summed E-state index contributed by atoms with van der Waals surface area (Å²) in [5.41, 5.74) is 0.664. The van der Waals surface area contributed by atoms with Gasteiger partial charge in [-0.2, -0.15) is 0 Å². The monoisotopic (exact) mass is 336 g/mol. The molecule has 2 rings (SSSR count). The Morgan fingerprint density at radius 3 is 2.37 bits per heavy atom. The van der Waals surface area contributed by atoms with Crippen molar-refractivity contribution in [1.82, 2.24) is 0 Å². The molecule has 0 fully saturated rings. The van der Waals surface area contributed by atoms with E-state index in [1.165, 1.54) is 4.90 Å². The Morgan fingerprint density at radius 1 is 1.16 bits per heavy atom. The number of ether oxygens (including phenoxy) is 1. The van der Waals surface area contributed by atoms with Gasteiger partial charge in [0.2, 0.25) is 0 Å². The topological polar surface area (TPSA) is 26.3 Å². The molecule has 2 aromatic carbocycles. The van der Waals surface area contributed by atoms with Gasteiger partial charge in [0.05, 0.1) is 4.47 Å². The maximum absolute atomic E-state index is 11.3. The Balaban J connectivity index is 2.20. The minimum atomic E-state index is 0.0385. The number of thioether (sulfide) groups is 1. The van der Waals surface area contributed by atoms with Crippen molar-refractivity contribution in [2.45, 2.75) is 11.8 Å². The third-order valence-electron chi connectivity index (χ3n) is 2.63. The van der Waals surface area contributed by atoms with E-state index in [1.54, 1.807) is 36.9 Å². The first-order valence-corrected chi connectivity index (χ1v) is 7.74. The van der Waals surface area contributed by atoms with Gasteiger partial charge in [0.15, 0.2) is 5.78 Å². The van der Waals surface area contributed by atoms with Gasteiger partial charge < -0.3 is 4.74 Å². The zero-order chi connectivity index (χ0) is 13.8. The highest BCUT2D eigenvalue weighted by atomic mass is 79.9. The van der Waals surface area contributed by atoms with Crippen LogP contribution in [0.1, 0.15) is 17.3 Å². The molecule has 0 radical (unpaired) electrons. The number of benzene rings is 2. The minimum Gasteiger partial charge on any atom is -0.456 e. The maximum Gasteiger partial charge on any atom is 0.159 e. The van der Waals surface area contributed by atoms with Crippen molar-refractivity contribution in [1.29, 1.82) is 0 Å². The lowest BCUT2D eigenvalue weighted by molar-refractivity contribution is 0.101. The van der Waals surface area contributed by atoms with E-state index in [1.807, 2.05) is 30.5 Å². The first kappa shape index (κ1) is 14.2. The Kier molecular flexibility index (Phi) is 4.66. The van der Waals surface area contributed by atoms with Crippen LogP contribution in [0.4, 0.5) is 0 Å². The molecule has 0 aliphatic carbocycles. The number of carbonyl (C=O) groups excluding carboxylic acids is 1. The highest BCUT2D eigenvalue weighted by molar-refractivity contribution is 9.10. The van der Waals surface area contributed by atoms with Gasteiger partial charge in [-0.15, -0.1) is 11.8 Å². The van der Waals surface area contributed by atoms with Crippen molar-refractivity contribution in [3.63, 3.8) is 0 Å². The Morgan fingerprint density at radius 2 is 1.84 bits per heavy atom. The molecule has 4 heteroatoms. The van der Waals surface area contributed by atoms with E-state index in [2.05, 4.69) is 15.9 Å². The number of hydrogen-bond acceptors (Lipinski definition) is 3. The number of ketones is 1. The zero-order valence-electron chi connectivity index (χ0n) is 10.6. The van der Waals surface area contributed by atoms with Crippen molar-refractivity contribution >= 4 is 33.5 Å². The Hall–Kier alpha value is -1.26. The van der Waals surface area contributed by atoms with Gasteiger partial charge >= 0.3 is 0 Å². The van der Waals surface area contributed by atoms with Crippen LogP contribution >= 0.6 is 27.7 Å². The van der Waals surface area contributed by atoms with E-state index in [4.69, 9.17) is 4.74 Å². The largest absolute Gasteiger partial charge is 0.456 e. The van der Waals surface area contributed by atoms with Crippen LogP contribution < -0.4 is 4.74 Å². The number of hydrogen-bond donors (Lipinski definition) is 0. The van der Waals surface area contributed by atoms with Crippen LogP contribution in [0.3, 0.4) is 0 Å². The molecule has 2 nitrogen and oxygen atoms in total. The second-order valence-electron chi connectivity index (χ2n) is 3.98. The first-order valence-electron chi connectivity index (χ1n) is 5.72. The number of carbonyl (C=O) groups is 1. The summed E-state index contributed by atoms with van der Waals surface area (Å²) in [6.45, 7) is 1.55. The normalized spacial score (nSPS) is 10.3. The van der Waals surface area contributed by atoms with Gasteiger partial charge in [0.25, 0.3) is 0 Å². The summed E-state index contributed by atoms with van der Waals surface area (Å²) >= 11 is 5.11. The van der Waals surface area contributed by atoms with Crippen LogP contribution in [0.25, 0.3) is 0 Å². The molecule has 0 amide bonds. The van der Waals surface area contributed by atoms with Crippen molar-refractivity contribution in [3.8, 4) is 11.5 Å². The van der Waals surface area contributed by atoms with Gasteiger partial charge in [-0.1, -0.05) is 0 Å². The summed E-state index contributed by atoms with van der Waals surface area (Å²) < 4.78 is 6.55. The Labute approximate surface area is 125 Å². The van der Waals surface area contributed by atoms with E-state index in [-0.39, 0.29) is 5.78 Å². The average Bonchev–Trinajstić information content (AvgIpc) is 2.41. The fourth-order valence-electron chi connectivity index (χ4n) is 1.57. The molecule has 19 heavy (non-hydrogen) atoms. The smallest absolute Gasteiger partial charge is 0.159 e. The number of Topliss-reactive ketones (excluding diaryl/α,β-unsaturated/α-hetero) is 1. The maximum atomic E-state index is 11.3. The number of halogens is 1. The molecule has 0 saturated heterocycles. The van der Waals surface area contributed by atoms with E-state index in [0.717, 1.165) is 10.2 Å². The second-order valence-corrected chi connectivity index (χ2v) is 5.71. The summed E-state index contributed by atoms with van der Waals surface area (Å²) in [5, 5.41) is 0. The first-order chi connectivity index (χ1) is 9.10. The summed E-state index contributed by atoms with van der Waals surface area (Å²) in [6, 6.07) is 13.2. The highest BCUT2D eigenvalue weighted by Gasteiger charge is 2.06. The predicted octanol–water partition coefficient (Wildman–Crippen LogP) is 5.17. The lowest BCUT2D eigenvalue weighted by Gasteiger charge is -2.09. The number of rotatable bonds is 4. The molecule has 0 unspecified atom stereocenters. The van der Waals surface area contributed by atoms with Crippen molar-refractivity contribution < 1.29 is 9.53 Å². The fraction of sp³-hybridized carbons (Fsp3) is 0.133. The molecular weight excluding hydrogens is 324 g/mol. The molecule has 0 atom stereocenters. The van der Waals surface area contributed by atoms with Crippen molar-refractivity contribution in [3.05, 3.63) is 52.5 Å². The SMILES string of the molecule is CSc1ccc(Oc2ccc(C(C)=O)cc2Br)cc1. The second kappa shape index (κ2) is 6.26. The van der Waals surface area contributed by atoms with Crippen LogP contribution in [-0.2, 0) is 0 Å². The van der Waals surface area contributed by atoms with Gasteiger partial charge in [-0.25, -0.2) is 0 Å². The molecule has 0 spiro atoms. The molecule has 0 N–H and O–H groups in total.